The Bertz CT molecular complexity index is 573. The van der Waals surface area contributed by atoms with Gasteiger partial charge in [-0.05, 0) is 30.7 Å². The van der Waals surface area contributed by atoms with Crippen molar-refractivity contribution >= 4 is 31.3 Å². The summed E-state index contributed by atoms with van der Waals surface area (Å²) in [6.07, 6.45) is 1.45. The van der Waals surface area contributed by atoms with E-state index in [9.17, 15) is 16.8 Å². The minimum absolute atomic E-state index is 0.0330. The number of benzene rings is 1. The third-order valence-electron chi connectivity index (χ3n) is 2.16. The van der Waals surface area contributed by atoms with Crippen LogP contribution in [0.5, 0.6) is 0 Å². The third kappa shape index (κ3) is 3.97. The standard InChI is InChI=1S/C10H13ClO4S2/c1-16(12,13)9-3-5-10(6-4-9)17(14,15)8-2-7-11/h3-6H,2,7-8H2,1H3. The van der Waals surface area contributed by atoms with E-state index in [-0.39, 0.29) is 21.4 Å². The number of hydrogen-bond acceptors (Lipinski definition) is 4. The second-order valence-electron chi connectivity index (χ2n) is 3.60. The molecule has 0 aliphatic rings. The molecule has 7 heteroatoms. The lowest BCUT2D eigenvalue weighted by Crippen LogP contribution is -2.07. The van der Waals surface area contributed by atoms with Gasteiger partial charge in [-0.15, -0.1) is 11.6 Å². The van der Waals surface area contributed by atoms with E-state index in [2.05, 4.69) is 0 Å². The van der Waals surface area contributed by atoms with Crippen molar-refractivity contribution in [2.75, 3.05) is 17.9 Å². The fourth-order valence-electron chi connectivity index (χ4n) is 1.26. The van der Waals surface area contributed by atoms with Crippen molar-refractivity contribution in [3.8, 4) is 0 Å². The van der Waals surface area contributed by atoms with E-state index in [0.717, 1.165) is 6.26 Å². The van der Waals surface area contributed by atoms with Crippen molar-refractivity contribution in [1.29, 1.82) is 0 Å². The van der Waals surface area contributed by atoms with Crippen molar-refractivity contribution in [1.82, 2.24) is 0 Å². The molecule has 0 heterocycles. The van der Waals surface area contributed by atoms with Crippen LogP contribution in [0.3, 0.4) is 0 Å². The Balaban J connectivity index is 3.03. The van der Waals surface area contributed by atoms with Crippen LogP contribution in [0.4, 0.5) is 0 Å². The Hall–Kier alpha value is -0.590. The van der Waals surface area contributed by atoms with Crippen molar-refractivity contribution in [3.63, 3.8) is 0 Å². The zero-order chi connectivity index (χ0) is 13.1. The summed E-state index contributed by atoms with van der Waals surface area (Å²) < 4.78 is 45.9. The monoisotopic (exact) mass is 296 g/mol. The van der Waals surface area contributed by atoms with Gasteiger partial charge >= 0.3 is 0 Å². The lowest BCUT2D eigenvalue weighted by atomic mass is 10.4. The molecule has 0 spiro atoms. The molecule has 0 unspecified atom stereocenters. The maximum atomic E-state index is 11.7. The molecule has 0 amide bonds. The van der Waals surface area contributed by atoms with Gasteiger partial charge < -0.3 is 0 Å². The lowest BCUT2D eigenvalue weighted by molar-refractivity contribution is 0.593. The third-order valence-corrected chi connectivity index (χ3v) is 5.37. The zero-order valence-electron chi connectivity index (χ0n) is 9.26. The summed E-state index contributed by atoms with van der Waals surface area (Å²) in [4.78, 5) is 0.226. The zero-order valence-corrected chi connectivity index (χ0v) is 11.6. The molecule has 0 aliphatic carbocycles. The fourth-order valence-corrected chi connectivity index (χ4v) is 3.49. The topological polar surface area (TPSA) is 68.3 Å². The van der Waals surface area contributed by atoms with Gasteiger partial charge in [-0.3, -0.25) is 0 Å². The van der Waals surface area contributed by atoms with Crippen LogP contribution in [-0.4, -0.2) is 34.7 Å². The summed E-state index contributed by atoms with van der Waals surface area (Å²) in [5.74, 6) is 0.245. The van der Waals surface area contributed by atoms with Gasteiger partial charge in [-0.25, -0.2) is 16.8 Å². The maximum Gasteiger partial charge on any atom is 0.178 e. The Kier molecular flexibility index (Phi) is 4.57. The van der Waals surface area contributed by atoms with Crippen LogP contribution in [0, 0.1) is 0 Å². The maximum absolute atomic E-state index is 11.7. The summed E-state index contributed by atoms with van der Waals surface area (Å²) in [5.41, 5.74) is 0. The normalized spacial score (nSPS) is 12.6. The minimum atomic E-state index is -3.36. The van der Waals surface area contributed by atoms with Crippen LogP contribution in [0.15, 0.2) is 34.1 Å². The predicted octanol–water partition coefficient (Wildman–Crippen LogP) is 1.49. The molecule has 1 aromatic carbocycles. The number of rotatable bonds is 5. The highest BCUT2D eigenvalue weighted by atomic mass is 35.5. The van der Waals surface area contributed by atoms with Gasteiger partial charge in [0.2, 0.25) is 0 Å². The molecule has 0 saturated carbocycles. The molecule has 4 nitrogen and oxygen atoms in total. The second-order valence-corrected chi connectivity index (χ2v) is 8.11. The summed E-state index contributed by atoms with van der Waals surface area (Å²) in [6, 6.07) is 5.20. The van der Waals surface area contributed by atoms with Crippen LogP contribution >= 0.6 is 11.6 Å². The van der Waals surface area contributed by atoms with E-state index in [1.807, 2.05) is 0 Å². The van der Waals surface area contributed by atoms with Crippen molar-refractivity contribution in [2.45, 2.75) is 16.2 Å². The lowest BCUT2D eigenvalue weighted by Gasteiger charge is -2.04. The van der Waals surface area contributed by atoms with E-state index >= 15 is 0 Å². The second kappa shape index (κ2) is 5.37. The smallest absolute Gasteiger partial charge is 0.178 e. The predicted molar refractivity (Wildman–Crippen MR) is 66.9 cm³/mol. The minimum Gasteiger partial charge on any atom is -0.224 e. The first kappa shape index (κ1) is 14.5. The average Bonchev–Trinajstić information content (AvgIpc) is 2.25. The molecule has 0 fully saturated rings. The van der Waals surface area contributed by atoms with Gasteiger partial charge in [0.05, 0.1) is 15.5 Å². The molecule has 0 N–H and O–H groups in total. The van der Waals surface area contributed by atoms with Gasteiger partial charge in [0.15, 0.2) is 19.7 Å². The Morgan fingerprint density at radius 2 is 1.47 bits per heavy atom. The molecule has 0 bridgehead atoms. The summed E-state index contributed by atoms with van der Waals surface area (Å²) >= 11 is 5.44. The SMILES string of the molecule is CS(=O)(=O)c1ccc(S(=O)(=O)CCCCl)cc1. The van der Waals surface area contributed by atoms with Crippen molar-refractivity contribution < 1.29 is 16.8 Å². The van der Waals surface area contributed by atoms with Gasteiger partial charge in [-0.2, -0.15) is 0 Å². The highest BCUT2D eigenvalue weighted by Gasteiger charge is 2.15. The first-order chi connectivity index (χ1) is 7.77. The largest absolute Gasteiger partial charge is 0.224 e. The van der Waals surface area contributed by atoms with Crippen molar-refractivity contribution in [2.24, 2.45) is 0 Å². The fraction of sp³-hybridized carbons (Fsp3) is 0.400. The van der Waals surface area contributed by atoms with Crippen LogP contribution in [0.1, 0.15) is 6.42 Å². The van der Waals surface area contributed by atoms with Crippen LogP contribution in [-0.2, 0) is 19.7 Å². The quantitative estimate of drug-likeness (QED) is 0.772. The van der Waals surface area contributed by atoms with Gasteiger partial charge in [0, 0.05) is 12.1 Å². The Morgan fingerprint density at radius 1 is 1.00 bits per heavy atom. The molecule has 17 heavy (non-hydrogen) atoms. The van der Waals surface area contributed by atoms with E-state index < -0.39 is 19.7 Å². The number of halogens is 1. The molecule has 0 aliphatic heterocycles. The first-order valence-corrected chi connectivity index (χ1v) is 8.94. The van der Waals surface area contributed by atoms with E-state index in [1.54, 1.807) is 0 Å². The summed E-state index contributed by atoms with van der Waals surface area (Å²) in [5, 5.41) is 0. The van der Waals surface area contributed by atoms with Gasteiger partial charge in [0.1, 0.15) is 0 Å². The van der Waals surface area contributed by atoms with Crippen molar-refractivity contribution in [3.05, 3.63) is 24.3 Å². The Labute approximate surface area is 106 Å². The molecule has 0 saturated heterocycles. The molecule has 0 aromatic heterocycles. The van der Waals surface area contributed by atoms with E-state index in [1.165, 1.54) is 24.3 Å². The number of alkyl halides is 1. The molecule has 0 atom stereocenters. The molecule has 0 radical (unpaired) electrons. The van der Waals surface area contributed by atoms with Crippen LogP contribution < -0.4 is 0 Å². The molecular weight excluding hydrogens is 284 g/mol. The summed E-state index contributed by atoms with van der Waals surface area (Å²) in [7, 11) is -6.66. The van der Waals surface area contributed by atoms with Crippen LogP contribution in [0.25, 0.3) is 0 Å². The van der Waals surface area contributed by atoms with Gasteiger partial charge in [-0.1, -0.05) is 0 Å². The summed E-state index contributed by atoms with van der Waals surface area (Å²) in [6.45, 7) is 0. The van der Waals surface area contributed by atoms with Crippen LogP contribution in [0.2, 0.25) is 0 Å². The Morgan fingerprint density at radius 3 is 1.88 bits per heavy atom. The first-order valence-electron chi connectivity index (χ1n) is 4.86. The molecule has 1 aromatic rings. The van der Waals surface area contributed by atoms with E-state index in [0.29, 0.717) is 6.42 Å². The molecular formula is C10H13ClO4S2. The molecule has 1 rings (SSSR count). The highest BCUT2D eigenvalue weighted by molar-refractivity contribution is 7.91. The number of hydrogen-bond donors (Lipinski definition) is 0. The highest BCUT2D eigenvalue weighted by Crippen LogP contribution is 2.16. The van der Waals surface area contributed by atoms with Gasteiger partial charge in [0.25, 0.3) is 0 Å². The molecule has 96 valence electrons. The van der Waals surface area contributed by atoms with E-state index in [4.69, 9.17) is 11.6 Å². The average molecular weight is 297 g/mol. The number of sulfone groups is 2.